The zero-order valence-electron chi connectivity index (χ0n) is 8.97. The van der Waals surface area contributed by atoms with Gasteiger partial charge in [-0.3, -0.25) is 0 Å². The van der Waals surface area contributed by atoms with Crippen LogP contribution in [0.5, 0.6) is 0 Å². The lowest BCUT2D eigenvalue weighted by atomic mass is 9.96. The number of hydrogen-bond acceptors (Lipinski definition) is 2. The Bertz CT molecular complexity index is 504. The molecule has 1 aromatic carbocycles. The molecule has 0 saturated carbocycles. The topological polar surface area (TPSA) is 36.3 Å². The average molecular weight is 209 g/mol. The molecule has 1 aromatic rings. The monoisotopic (exact) mass is 209 g/mol. The van der Waals surface area contributed by atoms with Crippen molar-refractivity contribution in [3.63, 3.8) is 0 Å². The first-order chi connectivity index (χ1) is 7.73. The van der Waals surface area contributed by atoms with Gasteiger partial charge < -0.3 is 4.74 Å². The molecule has 2 atom stereocenters. The maximum atomic E-state index is 9.21. The van der Waals surface area contributed by atoms with Gasteiger partial charge in [-0.25, -0.2) is 0 Å². The lowest BCUT2D eigenvalue weighted by molar-refractivity contribution is 0.350. The van der Waals surface area contributed by atoms with Crippen molar-refractivity contribution in [3.05, 3.63) is 47.5 Å². The van der Waals surface area contributed by atoms with Crippen LogP contribution in [0.2, 0.25) is 0 Å². The van der Waals surface area contributed by atoms with Crippen LogP contribution in [0, 0.1) is 23.7 Å². The molecule has 2 heteroatoms. The Balaban J connectivity index is 2.29. The number of epoxide rings is 1. The van der Waals surface area contributed by atoms with E-state index < -0.39 is 5.60 Å². The van der Waals surface area contributed by atoms with Crippen LogP contribution in [-0.4, -0.2) is 6.10 Å². The zero-order chi connectivity index (χ0) is 11.6. The summed E-state index contributed by atoms with van der Waals surface area (Å²) in [5.74, 6) is 2.52. The van der Waals surface area contributed by atoms with Gasteiger partial charge in [0.05, 0.1) is 0 Å². The van der Waals surface area contributed by atoms with Gasteiger partial charge in [-0.05, 0) is 18.6 Å². The lowest BCUT2D eigenvalue weighted by Gasteiger charge is -2.01. The summed E-state index contributed by atoms with van der Waals surface area (Å²) in [5.41, 5.74) is 0.834. The standard InChI is InChI=1S/C14H11NO/c1-3-11(2)9-13-14(10-15,16-13)12-7-5-4-6-8-12/h1,4-9,13H,2H3/b11-9-. The Kier molecular flexibility index (Phi) is 2.52. The molecule has 2 nitrogen and oxygen atoms in total. The van der Waals surface area contributed by atoms with E-state index in [1.807, 2.05) is 43.3 Å². The predicted molar refractivity (Wildman–Crippen MR) is 61.2 cm³/mol. The van der Waals surface area contributed by atoms with Gasteiger partial charge in [-0.2, -0.15) is 5.26 Å². The normalized spacial score (nSPS) is 27.9. The second-order valence-electron chi connectivity index (χ2n) is 3.75. The Labute approximate surface area is 95.2 Å². The first-order valence-electron chi connectivity index (χ1n) is 5.02. The molecule has 0 aromatic heterocycles. The molecular weight excluding hydrogens is 198 g/mol. The third kappa shape index (κ3) is 1.60. The van der Waals surface area contributed by atoms with Crippen molar-refractivity contribution in [2.45, 2.75) is 18.6 Å². The third-order valence-electron chi connectivity index (χ3n) is 2.65. The molecule has 1 heterocycles. The van der Waals surface area contributed by atoms with Crippen LogP contribution in [-0.2, 0) is 10.3 Å². The highest BCUT2D eigenvalue weighted by Crippen LogP contribution is 2.46. The number of allylic oxidation sites excluding steroid dienone is 1. The summed E-state index contributed by atoms with van der Waals surface area (Å²) >= 11 is 0. The van der Waals surface area contributed by atoms with Gasteiger partial charge in [-0.1, -0.05) is 36.3 Å². The Morgan fingerprint density at radius 2 is 2.19 bits per heavy atom. The van der Waals surface area contributed by atoms with Crippen LogP contribution >= 0.6 is 0 Å². The summed E-state index contributed by atoms with van der Waals surface area (Å²) < 4.78 is 5.48. The minimum atomic E-state index is -0.834. The first-order valence-corrected chi connectivity index (χ1v) is 5.02. The molecule has 16 heavy (non-hydrogen) atoms. The van der Waals surface area contributed by atoms with E-state index in [-0.39, 0.29) is 6.10 Å². The fraction of sp³-hybridized carbons (Fsp3) is 0.214. The molecule has 0 aliphatic carbocycles. The van der Waals surface area contributed by atoms with Crippen LogP contribution < -0.4 is 0 Å². The predicted octanol–water partition coefficient (Wildman–Crippen LogP) is 2.38. The quantitative estimate of drug-likeness (QED) is 0.554. The summed E-state index contributed by atoms with van der Waals surface area (Å²) in [6, 6.07) is 11.7. The fourth-order valence-corrected chi connectivity index (χ4v) is 1.67. The lowest BCUT2D eigenvalue weighted by Crippen LogP contribution is -2.08. The summed E-state index contributed by atoms with van der Waals surface area (Å²) in [7, 11) is 0. The second-order valence-corrected chi connectivity index (χ2v) is 3.75. The summed E-state index contributed by atoms with van der Waals surface area (Å²) in [4.78, 5) is 0. The molecule has 78 valence electrons. The van der Waals surface area contributed by atoms with Crippen molar-refractivity contribution in [1.29, 1.82) is 5.26 Å². The zero-order valence-corrected chi connectivity index (χ0v) is 8.97. The first kappa shape index (κ1) is 10.5. The minimum Gasteiger partial charge on any atom is -0.341 e. The van der Waals surface area contributed by atoms with E-state index in [1.54, 1.807) is 0 Å². The number of benzene rings is 1. The van der Waals surface area contributed by atoms with Crippen molar-refractivity contribution in [2.75, 3.05) is 0 Å². The summed E-state index contributed by atoms with van der Waals surface area (Å²) in [6.45, 7) is 1.83. The molecule has 2 rings (SSSR count). The van der Waals surface area contributed by atoms with E-state index >= 15 is 0 Å². The number of terminal acetylenes is 1. The van der Waals surface area contributed by atoms with E-state index in [2.05, 4.69) is 12.0 Å². The SMILES string of the molecule is C#C/C(C)=C\C1OC1(C#N)c1ccccc1. The summed E-state index contributed by atoms with van der Waals surface area (Å²) in [5, 5.41) is 9.21. The Morgan fingerprint density at radius 3 is 2.75 bits per heavy atom. The number of nitrogens with zero attached hydrogens (tertiary/aromatic N) is 1. The summed E-state index contributed by atoms with van der Waals surface area (Å²) in [6.07, 6.45) is 6.85. The van der Waals surface area contributed by atoms with Crippen LogP contribution in [0.15, 0.2) is 42.0 Å². The van der Waals surface area contributed by atoms with Gasteiger partial charge in [0.25, 0.3) is 0 Å². The van der Waals surface area contributed by atoms with E-state index in [0.29, 0.717) is 0 Å². The van der Waals surface area contributed by atoms with Gasteiger partial charge in [0.2, 0.25) is 5.60 Å². The van der Waals surface area contributed by atoms with Gasteiger partial charge in [-0.15, -0.1) is 6.42 Å². The molecule has 0 radical (unpaired) electrons. The van der Waals surface area contributed by atoms with Crippen LogP contribution in [0.3, 0.4) is 0 Å². The van der Waals surface area contributed by atoms with Crippen molar-refractivity contribution in [3.8, 4) is 18.4 Å². The molecule has 0 N–H and O–H groups in total. The third-order valence-corrected chi connectivity index (χ3v) is 2.65. The largest absolute Gasteiger partial charge is 0.341 e. The van der Waals surface area contributed by atoms with E-state index in [0.717, 1.165) is 11.1 Å². The number of rotatable bonds is 2. The van der Waals surface area contributed by atoms with Gasteiger partial charge in [0.1, 0.15) is 12.2 Å². The highest BCUT2D eigenvalue weighted by Gasteiger charge is 2.57. The Hall–Kier alpha value is -2.03. The average Bonchev–Trinajstić information content (AvgIpc) is 3.05. The van der Waals surface area contributed by atoms with Gasteiger partial charge >= 0.3 is 0 Å². The highest BCUT2D eigenvalue weighted by molar-refractivity contribution is 5.41. The van der Waals surface area contributed by atoms with E-state index in [1.165, 1.54) is 0 Å². The van der Waals surface area contributed by atoms with Crippen LogP contribution in [0.1, 0.15) is 12.5 Å². The van der Waals surface area contributed by atoms with E-state index in [9.17, 15) is 5.26 Å². The molecule has 1 aliphatic heterocycles. The molecule has 0 bridgehead atoms. The van der Waals surface area contributed by atoms with Crippen molar-refractivity contribution >= 4 is 0 Å². The molecule has 1 saturated heterocycles. The molecule has 1 aliphatic rings. The highest BCUT2D eigenvalue weighted by atomic mass is 16.6. The van der Waals surface area contributed by atoms with Crippen molar-refractivity contribution < 1.29 is 4.74 Å². The maximum Gasteiger partial charge on any atom is 0.210 e. The Morgan fingerprint density at radius 1 is 1.50 bits per heavy atom. The molecular formula is C14H11NO. The maximum absolute atomic E-state index is 9.21. The minimum absolute atomic E-state index is 0.226. The molecule has 0 amide bonds. The number of ether oxygens (including phenoxy) is 1. The second kappa shape index (κ2) is 3.85. The van der Waals surface area contributed by atoms with Crippen molar-refractivity contribution in [2.24, 2.45) is 0 Å². The van der Waals surface area contributed by atoms with Crippen LogP contribution in [0.4, 0.5) is 0 Å². The molecule has 0 spiro atoms. The van der Waals surface area contributed by atoms with Crippen molar-refractivity contribution in [1.82, 2.24) is 0 Å². The molecule has 1 fully saturated rings. The number of nitriles is 1. The van der Waals surface area contributed by atoms with Crippen LogP contribution in [0.25, 0.3) is 0 Å². The smallest absolute Gasteiger partial charge is 0.210 e. The van der Waals surface area contributed by atoms with Gasteiger partial charge in [0.15, 0.2) is 0 Å². The fourth-order valence-electron chi connectivity index (χ4n) is 1.67. The van der Waals surface area contributed by atoms with Gasteiger partial charge in [0, 0.05) is 5.56 Å². The van der Waals surface area contributed by atoms with E-state index in [4.69, 9.17) is 11.2 Å². The number of hydrogen-bond donors (Lipinski definition) is 0. The molecule has 2 unspecified atom stereocenters.